The third kappa shape index (κ3) is 11.3. The summed E-state index contributed by atoms with van der Waals surface area (Å²) in [6, 6.07) is 1.83. The standard InChI is InChI=1S/C3H4N2.Cr.3O/c1-2-4-5-3-1;;;;/h1-3H,(H,4,5);;;;/q;+6;3*-2. The van der Waals surface area contributed by atoms with Gasteiger partial charge in [0.2, 0.25) is 0 Å². The Morgan fingerprint density at radius 2 is 1.67 bits per heavy atom. The van der Waals surface area contributed by atoms with Gasteiger partial charge in [-0.15, -0.1) is 0 Å². The fourth-order valence-electron chi connectivity index (χ4n) is 0.215. The zero-order chi connectivity index (χ0) is 3.54. The predicted octanol–water partition coefficient (Wildman–Crippen LogP) is 0.0508. The fourth-order valence-corrected chi connectivity index (χ4v) is 0.215. The molecule has 0 radical (unpaired) electrons. The SMILES string of the molecule is [Cr+6].[O-2].[O-2].[O-2].c1cn[nH]c1. The van der Waals surface area contributed by atoms with Crippen molar-refractivity contribution < 1.29 is 33.8 Å². The molecule has 0 aliphatic rings. The molecule has 0 aliphatic carbocycles. The Labute approximate surface area is 63.1 Å². The molecule has 0 saturated heterocycles. The largest absolute Gasteiger partial charge is 6.00 e. The third-order valence-corrected chi connectivity index (χ3v) is 0.406. The quantitative estimate of drug-likeness (QED) is 0.579. The van der Waals surface area contributed by atoms with Gasteiger partial charge >= 0.3 is 17.4 Å². The van der Waals surface area contributed by atoms with Crippen molar-refractivity contribution in [1.82, 2.24) is 10.2 Å². The summed E-state index contributed by atoms with van der Waals surface area (Å²) in [5.41, 5.74) is 0. The van der Waals surface area contributed by atoms with Crippen LogP contribution < -0.4 is 0 Å². The minimum absolute atomic E-state index is 0. The Morgan fingerprint density at radius 1 is 1.11 bits per heavy atom. The number of hydrogen-bond acceptors (Lipinski definition) is 1. The Hall–Kier alpha value is -0.378. The van der Waals surface area contributed by atoms with Crippen LogP contribution in [0.2, 0.25) is 0 Å². The Kier molecular flexibility index (Phi) is 40.8. The second-order valence-electron chi connectivity index (χ2n) is 0.766. The van der Waals surface area contributed by atoms with Crippen molar-refractivity contribution in [1.29, 1.82) is 0 Å². The number of H-pyrrole nitrogens is 1. The normalized spacial score (nSPS) is 4.44. The topological polar surface area (TPSA) is 114 Å². The van der Waals surface area contributed by atoms with Crippen LogP contribution in [0.1, 0.15) is 0 Å². The van der Waals surface area contributed by atoms with E-state index in [9.17, 15) is 0 Å². The van der Waals surface area contributed by atoms with Crippen molar-refractivity contribution in [3.8, 4) is 0 Å². The van der Waals surface area contributed by atoms with E-state index >= 15 is 0 Å². The van der Waals surface area contributed by atoms with E-state index in [1.807, 2.05) is 6.07 Å². The van der Waals surface area contributed by atoms with Crippen molar-refractivity contribution in [2.45, 2.75) is 0 Å². The third-order valence-electron chi connectivity index (χ3n) is 0.406. The molecule has 50 valence electrons. The first kappa shape index (κ1) is 23.4. The monoisotopic (exact) mass is 168 g/mol. The van der Waals surface area contributed by atoms with E-state index in [1.165, 1.54) is 0 Å². The van der Waals surface area contributed by atoms with Crippen LogP contribution in [0, 0.1) is 0 Å². The van der Waals surface area contributed by atoms with Crippen LogP contribution in [0.3, 0.4) is 0 Å². The summed E-state index contributed by atoms with van der Waals surface area (Å²) in [7, 11) is 0. The number of aromatic nitrogens is 2. The molecule has 9 heavy (non-hydrogen) atoms. The van der Waals surface area contributed by atoms with Crippen LogP contribution in [-0.4, -0.2) is 10.2 Å². The first-order valence-corrected chi connectivity index (χ1v) is 1.44. The molecular formula is C3H4CrN2O3. The van der Waals surface area contributed by atoms with Gasteiger partial charge in [0.25, 0.3) is 0 Å². The van der Waals surface area contributed by atoms with Crippen molar-refractivity contribution in [3.05, 3.63) is 18.5 Å². The van der Waals surface area contributed by atoms with Gasteiger partial charge in [0.1, 0.15) is 0 Å². The summed E-state index contributed by atoms with van der Waals surface area (Å²) >= 11 is 0. The molecule has 0 fully saturated rings. The van der Waals surface area contributed by atoms with Crippen molar-refractivity contribution >= 4 is 0 Å². The maximum atomic E-state index is 3.60. The molecule has 0 unspecified atom stereocenters. The molecule has 1 N–H and O–H groups in total. The van der Waals surface area contributed by atoms with Gasteiger partial charge in [0, 0.05) is 12.4 Å². The summed E-state index contributed by atoms with van der Waals surface area (Å²) < 4.78 is 0. The van der Waals surface area contributed by atoms with Crippen molar-refractivity contribution in [2.24, 2.45) is 0 Å². The summed E-state index contributed by atoms with van der Waals surface area (Å²) in [5.74, 6) is 0. The van der Waals surface area contributed by atoms with Gasteiger partial charge in [0.05, 0.1) is 0 Å². The van der Waals surface area contributed by atoms with Crippen LogP contribution >= 0.6 is 0 Å². The van der Waals surface area contributed by atoms with Crippen LogP contribution in [-0.2, 0) is 33.8 Å². The van der Waals surface area contributed by atoms with Gasteiger partial charge in [0.15, 0.2) is 0 Å². The second-order valence-corrected chi connectivity index (χ2v) is 0.766. The van der Waals surface area contributed by atoms with E-state index in [2.05, 4.69) is 10.2 Å². The molecule has 6 heteroatoms. The van der Waals surface area contributed by atoms with Crippen molar-refractivity contribution in [2.75, 3.05) is 0 Å². The summed E-state index contributed by atoms with van der Waals surface area (Å²) in [5, 5.41) is 6.21. The van der Waals surface area contributed by atoms with Gasteiger partial charge in [-0.2, -0.15) is 5.10 Å². The van der Waals surface area contributed by atoms with Gasteiger partial charge in [-0.3, -0.25) is 5.10 Å². The molecule has 0 aliphatic heterocycles. The molecule has 5 nitrogen and oxygen atoms in total. The molecule has 0 spiro atoms. The van der Waals surface area contributed by atoms with E-state index in [4.69, 9.17) is 0 Å². The maximum Gasteiger partial charge on any atom is 6.00 e. The smallest absolute Gasteiger partial charge is 2.00 e. The Bertz CT molecular complexity index is 73.5. The van der Waals surface area contributed by atoms with Gasteiger partial charge in [-0.05, 0) is 6.07 Å². The first-order chi connectivity index (χ1) is 2.50. The molecule has 1 aromatic heterocycles. The molecule has 0 aromatic carbocycles. The van der Waals surface area contributed by atoms with Gasteiger partial charge in [-0.25, -0.2) is 0 Å². The predicted molar refractivity (Wildman–Crippen MR) is 20.6 cm³/mol. The molecule has 1 rings (SSSR count). The zero-order valence-corrected chi connectivity index (χ0v) is 5.59. The van der Waals surface area contributed by atoms with Crippen LogP contribution in [0.4, 0.5) is 0 Å². The molecule has 1 heterocycles. The fraction of sp³-hybridized carbons (Fsp3) is 0. The first-order valence-electron chi connectivity index (χ1n) is 1.44. The number of rotatable bonds is 0. The number of nitrogens with one attached hydrogen (secondary N) is 1. The van der Waals surface area contributed by atoms with Crippen LogP contribution in [0.15, 0.2) is 18.5 Å². The molecule has 0 atom stereocenters. The number of aromatic amines is 1. The van der Waals surface area contributed by atoms with Crippen LogP contribution in [0.25, 0.3) is 0 Å². The Balaban J connectivity index is -0.0000000312. The van der Waals surface area contributed by atoms with Crippen LogP contribution in [0.5, 0.6) is 0 Å². The van der Waals surface area contributed by atoms with E-state index in [0.29, 0.717) is 0 Å². The maximum absolute atomic E-state index is 3.60. The molecule has 0 amide bonds. The Morgan fingerprint density at radius 3 is 1.78 bits per heavy atom. The van der Waals surface area contributed by atoms with E-state index in [0.717, 1.165) is 0 Å². The molecule has 0 saturated carbocycles. The number of hydrogen-bond donors (Lipinski definition) is 1. The molecular weight excluding hydrogens is 164 g/mol. The summed E-state index contributed by atoms with van der Waals surface area (Å²) in [4.78, 5) is 0. The molecule has 1 aromatic rings. The van der Waals surface area contributed by atoms with E-state index in [-0.39, 0.29) is 33.8 Å². The minimum Gasteiger partial charge on any atom is -2.00 e. The minimum atomic E-state index is 0. The van der Waals surface area contributed by atoms with E-state index in [1.54, 1.807) is 12.4 Å². The van der Waals surface area contributed by atoms with Gasteiger partial charge < -0.3 is 16.4 Å². The van der Waals surface area contributed by atoms with Crippen molar-refractivity contribution in [3.63, 3.8) is 0 Å². The van der Waals surface area contributed by atoms with E-state index < -0.39 is 0 Å². The zero-order valence-electron chi connectivity index (χ0n) is 4.31. The average Bonchev–Trinajstić information content (AvgIpc) is 1.76. The van der Waals surface area contributed by atoms with Gasteiger partial charge in [-0.1, -0.05) is 0 Å². The second kappa shape index (κ2) is 15.6. The average molecular weight is 168 g/mol. The molecule has 0 bridgehead atoms. The summed E-state index contributed by atoms with van der Waals surface area (Å²) in [6.45, 7) is 0. The number of nitrogens with zero attached hydrogens (tertiary/aromatic N) is 1. The summed E-state index contributed by atoms with van der Waals surface area (Å²) in [6.07, 6.45) is 3.46.